The predicted octanol–water partition coefficient (Wildman–Crippen LogP) is 5.62. The van der Waals surface area contributed by atoms with Crippen LogP contribution >= 0.6 is 0 Å². The predicted molar refractivity (Wildman–Crippen MR) is 85.8 cm³/mol. The summed E-state index contributed by atoms with van der Waals surface area (Å²) in [7, 11) is 1.00. The number of aryl methyl sites for hydroxylation is 2. The first-order valence-corrected chi connectivity index (χ1v) is 7.08. The highest BCUT2D eigenvalue weighted by atomic mass is 19.4. The molecule has 2 rings (SSSR count). The Hall–Kier alpha value is -1.81. The maximum Gasteiger partial charge on any atom is 0.417 e. The van der Waals surface area contributed by atoms with E-state index in [9.17, 15) is 13.2 Å². The highest BCUT2D eigenvalue weighted by Gasteiger charge is 2.33. The third-order valence-corrected chi connectivity index (χ3v) is 3.05. The molecule has 0 aliphatic heterocycles. The summed E-state index contributed by atoms with van der Waals surface area (Å²) in [5, 5.41) is 7.00. The van der Waals surface area contributed by atoms with Crippen LogP contribution in [0, 0.1) is 13.8 Å². The van der Waals surface area contributed by atoms with E-state index >= 15 is 0 Å². The number of halogens is 3. The van der Waals surface area contributed by atoms with Crippen molar-refractivity contribution in [2.75, 3.05) is 7.11 Å². The summed E-state index contributed by atoms with van der Waals surface area (Å²) in [5.41, 5.74) is 2.31. The molecule has 22 heavy (non-hydrogen) atoms. The van der Waals surface area contributed by atoms with Crippen LogP contribution in [0.1, 0.15) is 30.5 Å². The first kappa shape index (κ1) is 20.2. The van der Waals surface area contributed by atoms with E-state index in [0.29, 0.717) is 5.56 Å². The van der Waals surface area contributed by atoms with Crippen LogP contribution in [0.25, 0.3) is 11.1 Å². The second-order valence-corrected chi connectivity index (χ2v) is 4.34. The van der Waals surface area contributed by atoms with Gasteiger partial charge >= 0.3 is 6.18 Å². The molecule has 0 saturated carbocycles. The van der Waals surface area contributed by atoms with Gasteiger partial charge in [0.25, 0.3) is 0 Å². The number of aliphatic hydroxyl groups is 1. The maximum absolute atomic E-state index is 12.9. The third kappa shape index (κ3) is 5.19. The lowest BCUT2D eigenvalue weighted by molar-refractivity contribution is -0.137. The van der Waals surface area contributed by atoms with E-state index < -0.39 is 11.7 Å². The van der Waals surface area contributed by atoms with Crippen LogP contribution in [0.3, 0.4) is 0 Å². The molecule has 2 aromatic carbocycles. The zero-order chi connectivity index (χ0) is 17.3. The van der Waals surface area contributed by atoms with E-state index in [1.165, 1.54) is 12.1 Å². The average Bonchev–Trinajstić information content (AvgIpc) is 2.53. The van der Waals surface area contributed by atoms with Crippen LogP contribution < -0.4 is 0 Å². The highest BCUT2D eigenvalue weighted by Crippen LogP contribution is 2.37. The molecule has 0 aromatic heterocycles. The average molecular weight is 312 g/mol. The van der Waals surface area contributed by atoms with Gasteiger partial charge in [0.2, 0.25) is 0 Å². The van der Waals surface area contributed by atoms with Crippen molar-refractivity contribution < 1.29 is 18.3 Å². The lowest BCUT2D eigenvalue weighted by Gasteiger charge is -2.13. The van der Waals surface area contributed by atoms with Gasteiger partial charge in [-0.3, -0.25) is 0 Å². The Labute approximate surface area is 130 Å². The van der Waals surface area contributed by atoms with Crippen molar-refractivity contribution in [3.05, 3.63) is 59.2 Å². The normalized spacial score (nSPS) is 10.0. The zero-order valence-electron chi connectivity index (χ0n) is 13.6. The van der Waals surface area contributed by atoms with E-state index in [1.54, 1.807) is 18.2 Å². The molecule has 0 spiro atoms. The number of alkyl halides is 3. The summed E-state index contributed by atoms with van der Waals surface area (Å²) < 4.78 is 38.7. The van der Waals surface area contributed by atoms with Crippen LogP contribution in [-0.2, 0) is 6.18 Å². The molecule has 0 radical (unpaired) electrons. The fourth-order valence-corrected chi connectivity index (χ4v) is 1.89. The molecule has 0 saturated heterocycles. The smallest absolute Gasteiger partial charge is 0.400 e. The van der Waals surface area contributed by atoms with Crippen LogP contribution in [0.2, 0.25) is 0 Å². The molecule has 0 unspecified atom stereocenters. The van der Waals surface area contributed by atoms with Crippen molar-refractivity contribution in [2.24, 2.45) is 0 Å². The van der Waals surface area contributed by atoms with Crippen molar-refractivity contribution in [3.63, 3.8) is 0 Å². The summed E-state index contributed by atoms with van der Waals surface area (Å²) in [6.07, 6.45) is -4.32. The molecule has 0 fully saturated rings. The number of hydrogen-bond acceptors (Lipinski definition) is 1. The van der Waals surface area contributed by atoms with Gasteiger partial charge in [-0.1, -0.05) is 50.2 Å². The molecular weight excluding hydrogens is 289 g/mol. The summed E-state index contributed by atoms with van der Waals surface area (Å²) in [5.74, 6) is 0. The summed E-state index contributed by atoms with van der Waals surface area (Å²) in [4.78, 5) is 0. The molecule has 0 aliphatic carbocycles. The quantitative estimate of drug-likeness (QED) is 0.724. The van der Waals surface area contributed by atoms with E-state index in [4.69, 9.17) is 5.11 Å². The molecule has 0 heterocycles. The molecule has 0 amide bonds. The van der Waals surface area contributed by atoms with Gasteiger partial charge in [-0.25, -0.2) is 0 Å². The van der Waals surface area contributed by atoms with E-state index in [0.717, 1.165) is 24.3 Å². The van der Waals surface area contributed by atoms with Crippen LogP contribution in [-0.4, -0.2) is 12.2 Å². The van der Waals surface area contributed by atoms with Crippen molar-refractivity contribution in [1.29, 1.82) is 0 Å². The Morgan fingerprint density at radius 3 is 1.86 bits per heavy atom. The van der Waals surface area contributed by atoms with Crippen molar-refractivity contribution in [1.82, 2.24) is 0 Å². The van der Waals surface area contributed by atoms with Gasteiger partial charge in [-0.05, 0) is 42.2 Å². The van der Waals surface area contributed by atoms with Gasteiger partial charge in [0.1, 0.15) is 0 Å². The molecule has 0 aliphatic rings. The first-order chi connectivity index (χ1) is 10.4. The number of hydrogen-bond donors (Lipinski definition) is 1. The van der Waals surface area contributed by atoms with E-state index in [2.05, 4.69) is 0 Å². The molecule has 1 nitrogen and oxygen atoms in total. The lowest BCUT2D eigenvalue weighted by Crippen LogP contribution is -2.06. The minimum absolute atomic E-state index is 0.230. The lowest BCUT2D eigenvalue weighted by atomic mass is 9.96. The standard InChI is InChI=1S/C15H13F3.C2H6.CH4O/c1-10-7-8-12(9-11(10)2)13-5-3-4-6-14(13)15(16,17)18;2*1-2/h3-9H,1-2H3;1-2H3;2H,1H3. The van der Waals surface area contributed by atoms with E-state index in [1.807, 2.05) is 33.8 Å². The van der Waals surface area contributed by atoms with Crippen LogP contribution in [0.15, 0.2) is 42.5 Å². The van der Waals surface area contributed by atoms with E-state index in [-0.39, 0.29) is 5.56 Å². The van der Waals surface area contributed by atoms with Gasteiger partial charge < -0.3 is 5.11 Å². The fraction of sp³-hybridized carbons (Fsp3) is 0.333. The summed E-state index contributed by atoms with van der Waals surface area (Å²) in [6.45, 7) is 7.84. The minimum Gasteiger partial charge on any atom is -0.400 e. The molecule has 0 bridgehead atoms. The van der Waals surface area contributed by atoms with Crippen molar-refractivity contribution in [3.8, 4) is 11.1 Å². The Morgan fingerprint density at radius 1 is 0.818 bits per heavy atom. The second kappa shape index (κ2) is 9.26. The maximum atomic E-state index is 12.9. The Balaban J connectivity index is 0.00000102. The van der Waals surface area contributed by atoms with Gasteiger partial charge in [0, 0.05) is 7.11 Å². The zero-order valence-corrected chi connectivity index (χ0v) is 13.6. The highest BCUT2D eigenvalue weighted by molar-refractivity contribution is 5.69. The van der Waals surface area contributed by atoms with Gasteiger partial charge in [0.05, 0.1) is 5.56 Å². The number of rotatable bonds is 1. The Kier molecular flexibility index (Phi) is 8.50. The molecule has 1 N–H and O–H groups in total. The number of aliphatic hydroxyl groups excluding tert-OH is 1. The van der Waals surface area contributed by atoms with Crippen molar-refractivity contribution >= 4 is 0 Å². The molecule has 122 valence electrons. The largest absolute Gasteiger partial charge is 0.417 e. The van der Waals surface area contributed by atoms with Crippen molar-refractivity contribution in [2.45, 2.75) is 33.9 Å². The monoisotopic (exact) mass is 312 g/mol. The molecular formula is C18H23F3O. The van der Waals surface area contributed by atoms with Crippen LogP contribution in [0.4, 0.5) is 13.2 Å². The Bertz CT molecular complexity index is 575. The minimum atomic E-state index is -4.32. The molecule has 2 aromatic rings. The van der Waals surface area contributed by atoms with Gasteiger partial charge in [-0.15, -0.1) is 0 Å². The third-order valence-electron chi connectivity index (χ3n) is 3.05. The fourth-order valence-electron chi connectivity index (χ4n) is 1.89. The summed E-state index contributed by atoms with van der Waals surface area (Å²) in [6, 6.07) is 11.0. The SMILES string of the molecule is CC.CO.Cc1ccc(-c2ccccc2C(F)(F)F)cc1C. The summed E-state index contributed by atoms with van der Waals surface area (Å²) >= 11 is 0. The molecule has 0 atom stereocenters. The second-order valence-electron chi connectivity index (χ2n) is 4.34. The van der Waals surface area contributed by atoms with Gasteiger partial charge in [-0.2, -0.15) is 13.2 Å². The molecule has 4 heteroatoms. The van der Waals surface area contributed by atoms with Crippen LogP contribution in [0.5, 0.6) is 0 Å². The topological polar surface area (TPSA) is 20.2 Å². The van der Waals surface area contributed by atoms with Gasteiger partial charge in [0.15, 0.2) is 0 Å². The Morgan fingerprint density at radius 2 is 1.36 bits per heavy atom. The first-order valence-electron chi connectivity index (χ1n) is 7.08. The number of benzene rings is 2.